The predicted molar refractivity (Wildman–Crippen MR) is 136 cm³/mol. The molecule has 1 amide bonds. The SMILES string of the molecule is O=C(c1ccc2noc(-c3ccccc3)c2c1)N1CCN(c2cc(N3CCCCC3)ncn2)CC1. The van der Waals surface area contributed by atoms with Gasteiger partial charge < -0.3 is 19.2 Å². The molecule has 35 heavy (non-hydrogen) atoms. The minimum atomic E-state index is 0.0310. The molecule has 0 aliphatic carbocycles. The first-order chi connectivity index (χ1) is 17.3. The van der Waals surface area contributed by atoms with Gasteiger partial charge in [0.05, 0.1) is 5.39 Å². The Morgan fingerprint density at radius 1 is 0.771 bits per heavy atom. The number of nitrogens with zero attached hydrogens (tertiary/aromatic N) is 6. The largest absolute Gasteiger partial charge is 0.356 e. The molecular weight excluding hydrogens is 440 g/mol. The maximum Gasteiger partial charge on any atom is 0.254 e. The smallest absolute Gasteiger partial charge is 0.254 e. The normalized spacial score (nSPS) is 16.6. The monoisotopic (exact) mass is 468 g/mol. The first-order valence-corrected chi connectivity index (χ1v) is 12.3. The van der Waals surface area contributed by atoms with E-state index in [1.165, 1.54) is 19.3 Å². The van der Waals surface area contributed by atoms with Gasteiger partial charge in [0.15, 0.2) is 5.76 Å². The Balaban J connectivity index is 1.15. The van der Waals surface area contributed by atoms with E-state index in [2.05, 4.69) is 31.0 Å². The van der Waals surface area contributed by atoms with Crippen molar-refractivity contribution in [1.82, 2.24) is 20.0 Å². The lowest BCUT2D eigenvalue weighted by Gasteiger charge is -2.36. The Kier molecular flexibility index (Phi) is 5.78. The van der Waals surface area contributed by atoms with Crippen LogP contribution >= 0.6 is 0 Å². The molecular formula is C27H28N6O2. The Morgan fingerprint density at radius 2 is 1.49 bits per heavy atom. The molecule has 0 radical (unpaired) electrons. The molecule has 178 valence electrons. The van der Waals surface area contributed by atoms with Gasteiger partial charge in [-0.25, -0.2) is 9.97 Å². The van der Waals surface area contributed by atoms with E-state index >= 15 is 0 Å². The van der Waals surface area contributed by atoms with Crippen LogP contribution in [-0.4, -0.2) is 65.2 Å². The molecule has 0 atom stereocenters. The number of amides is 1. The number of carbonyl (C=O) groups is 1. The molecule has 2 aliphatic rings. The third-order valence-electron chi connectivity index (χ3n) is 6.97. The van der Waals surface area contributed by atoms with E-state index in [4.69, 9.17) is 4.52 Å². The third kappa shape index (κ3) is 4.32. The predicted octanol–water partition coefficient (Wildman–Crippen LogP) is 4.24. The maximum absolute atomic E-state index is 13.3. The van der Waals surface area contributed by atoms with Gasteiger partial charge in [-0.2, -0.15) is 0 Å². The lowest BCUT2D eigenvalue weighted by molar-refractivity contribution is 0.0746. The summed E-state index contributed by atoms with van der Waals surface area (Å²) >= 11 is 0. The number of piperidine rings is 1. The highest BCUT2D eigenvalue weighted by atomic mass is 16.5. The Bertz CT molecular complexity index is 1320. The van der Waals surface area contributed by atoms with Gasteiger partial charge in [-0.1, -0.05) is 35.5 Å². The van der Waals surface area contributed by atoms with Crippen molar-refractivity contribution in [3.8, 4) is 11.3 Å². The van der Waals surface area contributed by atoms with Crippen LogP contribution in [0.15, 0.2) is 65.4 Å². The molecule has 2 saturated heterocycles. The second-order valence-electron chi connectivity index (χ2n) is 9.17. The number of carbonyl (C=O) groups excluding carboxylic acids is 1. The molecule has 8 heteroatoms. The lowest BCUT2D eigenvalue weighted by Crippen LogP contribution is -2.49. The Labute approximate surface area is 204 Å². The van der Waals surface area contributed by atoms with Gasteiger partial charge in [-0.3, -0.25) is 4.79 Å². The lowest BCUT2D eigenvalue weighted by atomic mass is 10.1. The molecule has 8 nitrogen and oxygen atoms in total. The van der Waals surface area contributed by atoms with Crippen molar-refractivity contribution in [2.24, 2.45) is 0 Å². The van der Waals surface area contributed by atoms with E-state index < -0.39 is 0 Å². The summed E-state index contributed by atoms with van der Waals surface area (Å²) in [7, 11) is 0. The van der Waals surface area contributed by atoms with Crippen molar-refractivity contribution in [3.05, 3.63) is 66.5 Å². The van der Waals surface area contributed by atoms with E-state index in [1.807, 2.05) is 53.4 Å². The van der Waals surface area contributed by atoms with E-state index in [0.29, 0.717) is 24.4 Å². The highest BCUT2D eigenvalue weighted by molar-refractivity contribution is 6.01. The molecule has 0 saturated carbocycles. The molecule has 0 spiro atoms. The van der Waals surface area contributed by atoms with Crippen molar-refractivity contribution in [3.63, 3.8) is 0 Å². The first-order valence-electron chi connectivity index (χ1n) is 12.3. The van der Waals surface area contributed by atoms with Crippen LogP contribution < -0.4 is 9.80 Å². The summed E-state index contributed by atoms with van der Waals surface area (Å²) in [5.74, 6) is 2.66. The minimum Gasteiger partial charge on any atom is -0.356 e. The Morgan fingerprint density at radius 3 is 2.23 bits per heavy atom. The molecule has 2 aromatic heterocycles. The van der Waals surface area contributed by atoms with Crippen molar-refractivity contribution < 1.29 is 9.32 Å². The van der Waals surface area contributed by atoms with Gasteiger partial charge in [0.25, 0.3) is 5.91 Å². The minimum absolute atomic E-state index is 0.0310. The summed E-state index contributed by atoms with van der Waals surface area (Å²) in [4.78, 5) is 28.9. The molecule has 4 heterocycles. The molecule has 0 bridgehead atoms. The molecule has 0 N–H and O–H groups in total. The average molecular weight is 469 g/mol. The number of fused-ring (bicyclic) bond motifs is 1. The van der Waals surface area contributed by atoms with E-state index in [-0.39, 0.29) is 5.91 Å². The molecule has 2 aliphatic heterocycles. The number of aromatic nitrogens is 3. The fraction of sp³-hybridized carbons (Fsp3) is 0.333. The zero-order chi connectivity index (χ0) is 23.6. The number of anilines is 2. The van der Waals surface area contributed by atoms with Gasteiger partial charge in [0.1, 0.15) is 23.5 Å². The summed E-state index contributed by atoms with van der Waals surface area (Å²) in [6, 6.07) is 17.5. The number of hydrogen-bond donors (Lipinski definition) is 0. The molecule has 2 aromatic carbocycles. The van der Waals surface area contributed by atoms with E-state index in [9.17, 15) is 4.79 Å². The van der Waals surface area contributed by atoms with E-state index in [0.717, 1.165) is 54.3 Å². The number of benzene rings is 2. The second kappa shape index (κ2) is 9.37. The number of rotatable bonds is 4. The fourth-order valence-electron chi connectivity index (χ4n) is 5.00. The number of piperazine rings is 1. The molecule has 6 rings (SSSR count). The van der Waals surface area contributed by atoms with Crippen molar-refractivity contribution in [1.29, 1.82) is 0 Å². The number of hydrogen-bond acceptors (Lipinski definition) is 7. The first kappa shape index (κ1) is 21.6. The standard InChI is InChI=1S/C27H28N6O2/c34-27(21-9-10-23-22(17-21)26(35-30-23)20-7-3-1-4-8-20)33-15-13-32(14-16-33)25-18-24(28-19-29-25)31-11-5-2-6-12-31/h1,3-4,7-10,17-19H,2,5-6,11-16H2. The van der Waals surface area contributed by atoms with Crippen LogP contribution in [0.1, 0.15) is 29.6 Å². The second-order valence-corrected chi connectivity index (χ2v) is 9.17. The van der Waals surface area contributed by atoms with Crippen molar-refractivity contribution >= 4 is 28.4 Å². The van der Waals surface area contributed by atoms with Crippen molar-refractivity contribution in [2.45, 2.75) is 19.3 Å². The highest BCUT2D eigenvalue weighted by Gasteiger charge is 2.24. The maximum atomic E-state index is 13.3. The molecule has 2 fully saturated rings. The van der Waals surface area contributed by atoms with Crippen LogP contribution in [0.5, 0.6) is 0 Å². The highest BCUT2D eigenvalue weighted by Crippen LogP contribution is 2.30. The van der Waals surface area contributed by atoms with Crippen LogP contribution in [0, 0.1) is 0 Å². The van der Waals surface area contributed by atoms with Gasteiger partial charge in [-0.05, 0) is 37.5 Å². The molecule has 0 unspecified atom stereocenters. The van der Waals surface area contributed by atoms with Gasteiger partial charge in [0, 0.05) is 56.5 Å². The average Bonchev–Trinajstić information content (AvgIpc) is 3.37. The van der Waals surface area contributed by atoms with Crippen LogP contribution in [0.2, 0.25) is 0 Å². The van der Waals surface area contributed by atoms with Gasteiger partial charge in [-0.15, -0.1) is 0 Å². The van der Waals surface area contributed by atoms with Crippen LogP contribution in [0.25, 0.3) is 22.2 Å². The van der Waals surface area contributed by atoms with Gasteiger partial charge >= 0.3 is 0 Å². The summed E-state index contributed by atoms with van der Waals surface area (Å²) in [5, 5.41) is 5.02. The quantitative estimate of drug-likeness (QED) is 0.443. The van der Waals surface area contributed by atoms with Crippen molar-refractivity contribution in [2.75, 3.05) is 49.1 Å². The fourth-order valence-corrected chi connectivity index (χ4v) is 5.00. The summed E-state index contributed by atoms with van der Waals surface area (Å²) in [6.07, 6.45) is 5.39. The zero-order valence-electron chi connectivity index (χ0n) is 19.6. The van der Waals surface area contributed by atoms with E-state index in [1.54, 1.807) is 6.33 Å². The van der Waals surface area contributed by atoms with Crippen LogP contribution in [0.4, 0.5) is 11.6 Å². The van der Waals surface area contributed by atoms with Gasteiger partial charge in [0.2, 0.25) is 0 Å². The topological polar surface area (TPSA) is 78.6 Å². The van der Waals surface area contributed by atoms with Crippen LogP contribution in [-0.2, 0) is 0 Å². The van der Waals surface area contributed by atoms with Crippen LogP contribution in [0.3, 0.4) is 0 Å². The zero-order valence-corrected chi connectivity index (χ0v) is 19.6. The Hall–Kier alpha value is -3.94. The summed E-state index contributed by atoms with van der Waals surface area (Å²) in [5.41, 5.74) is 2.35. The molecule has 4 aromatic rings. The summed E-state index contributed by atoms with van der Waals surface area (Å²) in [6.45, 7) is 4.90. The third-order valence-corrected chi connectivity index (χ3v) is 6.97. The summed E-state index contributed by atoms with van der Waals surface area (Å²) < 4.78 is 5.60.